The molecule has 1 amide bonds. The van der Waals surface area contributed by atoms with Crippen molar-refractivity contribution in [1.82, 2.24) is 4.90 Å². The third-order valence-corrected chi connectivity index (χ3v) is 3.50. The van der Waals surface area contributed by atoms with E-state index in [1.165, 1.54) is 5.75 Å². The summed E-state index contributed by atoms with van der Waals surface area (Å²) in [5, 5.41) is 0. The van der Waals surface area contributed by atoms with Gasteiger partial charge in [0.2, 0.25) is 5.91 Å². The summed E-state index contributed by atoms with van der Waals surface area (Å²) in [5.41, 5.74) is 0. The normalized spacial score (nSPS) is 22.7. The minimum atomic E-state index is 0.0756. The van der Waals surface area contributed by atoms with E-state index in [9.17, 15) is 4.79 Å². The Morgan fingerprint density at radius 1 is 1.75 bits per heavy atom. The number of halogens is 1. The molecule has 1 rings (SSSR count). The van der Waals surface area contributed by atoms with Crippen LogP contribution < -0.4 is 0 Å². The fourth-order valence-corrected chi connectivity index (χ4v) is 2.86. The molecule has 0 spiro atoms. The first kappa shape index (κ1) is 10.2. The van der Waals surface area contributed by atoms with Gasteiger partial charge in [-0.3, -0.25) is 4.79 Å². The van der Waals surface area contributed by atoms with E-state index >= 15 is 0 Å². The molecule has 0 saturated carbocycles. The van der Waals surface area contributed by atoms with Gasteiger partial charge in [0, 0.05) is 18.3 Å². The maximum absolute atomic E-state index is 11.3. The fourth-order valence-electron chi connectivity index (χ4n) is 1.48. The number of alkyl halides is 1. The second-order valence-corrected chi connectivity index (χ2v) is 4.25. The van der Waals surface area contributed by atoms with Crippen LogP contribution in [0.3, 0.4) is 0 Å². The quantitative estimate of drug-likeness (QED) is 0.655. The second kappa shape index (κ2) is 4.97. The first-order valence-corrected chi connectivity index (χ1v) is 5.91. The van der Waals surface area contributed by atoms with Gasteiger partial charge in [-0.2, -0.15) is 11.8 Å². The number of carbonyl (C=O) groups excluding carboxylic acids is 1. The Bertz CT molecular complexity index is 159. The number of thioether (sulfide) groups is 1. The minimum absolute atomic E-state index is 0.0756. The SMILES string of the molecule is CCN(C(=O)CCl)[C@H]1CCSC1. The van der Waals surface area contributed by atoms with Crippen molar-refractivity contribution in [1.29, 1.82) is 0 Å². The number of amides is 1. The molecule has 2 nitrogen and oxygen atoms in total. The van der Waals surface area contributed by atoms with E-state index in [1.807, 2.05) is 23.6 Å². The van der Waals surface area contributed by atoms with E-state index in [2.05, 4.69) is 0 Å². The molecule has 0 aliphatic carbocycles. The second-order valence-electron chi connectivity index (χ2n) is 2.83. The van der Waals surface area contributed by atoms with E-state index in [-0.39, 0.29) is 11.8 Å². The van der Waals surface area contributed by atoms with E-state index in [4.69, 9.17) is 11.6 Å². The molecule has 0 radical (unpaired) electrons. The molecule has 1 heterocycles. The third-order valence-electron chi connectivity index (χ3n) is 2.12. The zero-order valence-electron chi connectivity index (χ0n) is 7.25. The van der Waals surface area contributed by atoms with Crippen molar-refractivity contribution < 1.29 is 4.79 Å². The van der Waals surface area contributed by atoms with Crippen molar-refractivity contribution in [3.8, 4) is 0 Å². The lowest BCUT2D eigenvalue weighted by Gasteiger charge is -2.26. The summed E-state index contributed by atoms with van der Waals surface area (Å²) >= 11 is 7.42. The molecule has 1 atom stereocenters. The van der Waals surface area contributed by atoms with Gasteiger partial charge in [0.25, 0.3) is 0 Å². The van der Waals surface area contributed by atoms with E-state index in [1.54, 1.807) is 0 Å². The Hall–Kier alpha value is 0.110. The summed E-state index contributed by atoms with van der Waals surface area (Å²) in [4.78, 5) is 13.2. The summed E-state index contributed by atoms with van der Waals surface area (Å²) in [6.45, 7) is 2.80. The highest BCUT2D eigenvalue weighted by Crippen LogP contribution is 2.22. The lowest BCUT2D eigenvalue weighted by atomic mass is 10.2. The lowest BCUT2D eigenvalue weighted by Crippen LogP contribution is -2.40. The highest BCUT2D eigenvalue weighted by atomic mass is 35.5. The highest BCUT2D eigenvalue weighted by Gasteiger charge is 2.24. The Labute approximate surface area is 82.6 Å². The molecular formula is C8H14ClNOS. The largest absolute Gasteiger partial charge is 0.338 e. The topological polar surface area (TPSA) is 20.3 Å². The van der Waals surface area contributed by atoms with Crippen LogP contribution in [0.25, 0.3) is 0 Å². The molecule has 0 aromatic carbocycles. The fraction of sp³-hybridized carbons (Fsp3) is 0.875. The zero-order chi connectivity index (χ0) is 8.97. The van der Waals surface area contributed by atoms with Gasteiger partial charge >= 0.3 is 0 Å². The van der Waals surface area contributed by atoms with Crippen molar-refractivity contribution in [2.24, 2.45) is 0 Å². The standard InChI is InChI=1S/C8H14ClNOS/c1-2-10(8(11)5-9)7-3-4-12-6-7/h7H,2-6H2,1H3/t7-/m0/s1. The molecule has 1 aliphatic rings. The molecule has 0 aromatic rings. The molecule has 12 heavy (non-hydrogen) atoms. The van der Waals surface area contributed by atoms with Gasteiger partial charge in [0.05, 0.1) is 0 Å². The first-order chi connectivity index (χ1) is 5.79. The smallest absolute Gasteiger partial charge is 0.237 e. The summed E-state index contributed by atoms with van der Waals surface area (Å²) < 4.78 is 0. The Morgan fingerprint density at radius 2 is 2.50 bits per heavy atom. The summed E-state index contributed by atoms with van der Waals surface area (Å²) in [5.74, 6) is 2.45. The molecule has 0 N–H and O–H groups in total. The van der Waals surface area contributed by atoms with Crippen LogP contribution in [-0.4, -0.2) is 40.8 Å². The van der Waals surface area contributed by atoms with Crippen molar-refractivity contribution >= 4 is 29.3 Å². The van der Waals surface area contributed by atoms with E-state index in [0.717, 1.165) is 18.7 Å². The Morgan fingerprint density at radius 3 is 2.92 bits per heavy atom. The van der Waals surface area contributed by atoms with Gasteiger partial charge in [-0.05, 0) is 19.1 Å². The van der Waals surface area contributed by atoms with Crippen LogP contribution >= 0.6 is 23.4 Å². The lowest BCUT2D eigenvalue weighted by molar-refractivity contribution is -0.130. The van der Waals surface area contributed by atoms with Crippen LogP contribution in [-0.2, 0) is 4.79 Å². The monoisotopic (exact) mass is 207 g/mol. The third kappa shape index (κ3) is 2.30. The maximum atomic E-state index is 11.3. The zero-order valence-corrected chi connectivity index (χ0v) is 8.83. The summed E-state index contributed by atoms with van der Waals surface area (Å²) in [6.07, 6.45) is 1.13. The Balaban J connectivity index is 2.48. The number of nitrogens with zero attached hydrogens (tertiary/aromatic N) is 1. The predicted molar refractivity (Wildman–Crippen MR) is 53.8 cm³/mol. The van der Waals surface area contributed by atoms with E-state index < -0.39 is 0 Å². The molecule has 0 bridgehead atoms. The highest BCUT2D eigenvalue weighted by molar-refractivity contribution is 7.99. The Kier molecular flexibility index (Phi) is 4.22. The van der Waals surface area contributed by atoms with Crippen LogP contribution in [0, 0.1) is 0 Å². The van der Waals surface area contributed by atoms with Gasteiger partial charge < -0.3 is 4.90 Å². The van der Waals surface area contributed by atoms with Gasteiger partial charge in [-0.15, -0.1) is 11.6 Å². The van der Waals surface area contributed by atoms with Crippen LogP contribution in [0.4, 0.5) is 0 Å². The predicted octanol–water partition coefficient (Wildman–Crippen LogP) is 1.58. The number of carbonyl (C=O) groups is 1. The van der Waals surface area contributed by atoms with Crippen molar-refractivity contribution in [3.63, 3.8) is 0 Å². The minimum Gasteiger partial charge on any atom is -0.338 e. The number of hydrogen-bond acceptors (Lipinski definition) is 2. The maximum Gasteiger partial charge on any atom is 0.237 e. The van der Waals surface area contributed by atoms with E-state index in [0.29, 0.717) is 6.04 Å². The molecule has 0 unspecified atom stereocenters. The molecule has 1 saturated heterocycles. The molecule has 1 aliphatic heterocycles. The average Bonchev–Trinajstić information content (AvgIpc) is 2.58. The van der Waals surface area contributed by atoms with Gasteiger partial charge in [-0.1, -0.05) is 0 Å². The van der Waals surface area contributed by atoms with Gasteiger partial charge in [-0.25, -0.2) is 0 Å². The molecule has 0 aromatic heterocycles. The molecule has 70 valence electrons. The summed E-state index contributed by atoms with van der Waals surface area (Å²) in [6, 6.07) is 0.436. The molecule has 1 fully saturated rings. The van der Waals surface area contributed by atoms with Crippen LogP contribution in [0.1, 0.15) is 13.3 Å². The van der Waals surface area contributed by atoms with Crippen molar-refractivity contribution in [2.45, 2.75) is 19.4 Å². The van der Waals surface area contributed by atoms with Crippen molar-refractivity contribution in [2.75, 3.05) is 23.9 Å². The molecular weight excluding hydrogens is 194 g/mol. The first-order valence-electron chi connectivity index (χ1n) is 4.22. The number of hydrogen-bond donors (Lipinski definition) is 0. The molecule has 4 heteroatoms. The van der Waals surface area contributed by atoms with Crippen LogP contribution in [0.2, 0.25) is 0 Å². The van der Waals surface area contributed by atoms with Gasteiger partial charge in [0.1, 0.15) is 5.88 Å². The van der Waals surface area contributed by atoms with Gasteiger partial charge in [0.15, 0.2) is 0 Å². The van der Waals surface area contributed by atoms with Crippen LogP contribution in [0.15, 0.2) is 0 Å². The van der Waals surface area contributed by atoms with Crippen molar-refractivity contribution in [3.05, 3.63) is 0 Å². The average molecular weight is 208 g/mol. The summed E-state index contributed by atoms with van der Waals surface area (Å²) in [7, 11) is 0. The van der Waals surface area contributed by atoms with Crippen LogP contribution in [0.5, 0.6) is 0 Å². The number of rotatable bonds is 3.